The molecule has 16 heavy (non-hydrogen) atoms. The lowest BCUT2D eigenvalue weighted by Crippen LogP contribution is -2.10. The Bertz CT molecular complexity index is 511. The first-order valence-electron chi connectivity index (χ1n) is 4.26. The Morgan fingerprint density at radius 1 is 1.44 bits per heavy atom. The molecular formula is C8H10N2O5S. The lowest BCUT2D eigenvalue weighted by molar-refractivity contribution is -0.384. The highest BCUT2D eigenvalue weighted by molar-refractivity contribution is 7.91. The van der Waals surface area contributed by atoms with E-state index < -0.39 is 32.8 Å². The Morgan fingerprint density at radius 2 is 2.06 bits per heavy atom. The van der Waals surface area contributed by atoms with Crippen molar-refractivity contribution in [2.45, 2.75) is 4.90 Å². The van der Waals surface area contributed by atoms with Crippen molar-refractivity contribution < 1.29 is 18.4 Å². The van der Waals surface area contributed by atoms with Crippen LogP contribution in [-0.4, -0.2) is 30.8 Å². The maximum Gasteiger partial charge on any atom is 0.293 e. The fourth-order valence-corrected chi connectivity index (χ4v) is 2.16. The Hall–Kier alpha value is -1.67. The summed E-state index contributed by atoms with van der Waals surface area (Å²) in [6, 6.07) is 3.22. The first-order valence-corrected chi connectivity index (χ1v) is 5.91. The van der Waals surface area contributed by atoms with Gasteiger partial charge < -0.3 is 10.8 Å². The van der Waals surface area contributed by atoms with Crippen molar-refractivity contribution in [2.24, 2.45) is 0 Å². The van der Waals surface area contributed by atoms with Crippen molar-refractivity contribution >= 4 is 21.2 Å². The predicted octanol–water partition coefficient (Wildman–Crippen LogP) is -0.0570. The first-order chi connectivity index (χ1) is 7.38. The summed E-state index contributed by atoms with van der Waals surface area (Å²) in [5.41, 5.74) is 4.76. The second kappa shape index (κ2) is 4.45. The van der Waals surface area contributed by atoms with Gasteiger partial charge in [0.05, 0.1) is 22.2 Å². The molecule has 0 saturated heterocycles. The van der Waals surface area contributed by atoms with Crippen LogP contribution in [0.15, 0.2) is 23.1 Å². The lowest BCUT2D eigenvalue weighted by atomic mass is 10.3. The van der Waals surface area contributed by atoms with Crippen LogP contribution in [-0.2, 0) is 9.84 Å². The van der Waals surface area contributed by atoms with E-state index in [2.05, 4.69) is 0 Å². The van der Waals surface area contributed by atoms with Gasteiger partial charge in [0, 0.05) is 6.07 Å². The molecule has 88 valence electrons. The van der Waals surface area contributed by atoms with Gasteiger partial charge in [-0.1, -0.05) is 0 Å². The Labute approximate surface area is 91.6 Å². The number of aliphatic hydroxyl groups excluding tert-OH is 1. The van der Waals surface area contributed by atoms with Gasteiger partial charge >= 0.3 is 0 Å². The Balaban J connectivity index is 3.28. The van der Waals surface area contributed by atoms with Crippen LogP contribution in [0.3, 0.4) is 0 Å². The van der Waals surface area contributed by atoms with Crippen molar-refractivity contribution in [3.63, 3.8) is 0 Å². The summed E-state index contributed by atoms with van der Waals surface area (Å²) in [6.07, 6.45) is 0. The van der Waals surface area contributed by atoms with Gasteiger partial charge in [0.1, 0.15) is 5.69 Å². The van der Waals surface area contributed by atoms with Gasteiger partial charge in [0.25, 0.3) is 5.69 Å². The molecular weight excluding hydrogens is 236 g/mol. The monoisotopic (exact) mass is 246 g/mol. The minimum Gasteiger partial charge on any atom is -0.395 e. The van der Waals surface area contributed by atoms with Gasteiger partial charge in [0.2, 0.25) is 0 Å². The predicted molar refractivity (Wildman–Crippen MR) is 56.6 cm³/mol. The zero-order valence-electron chi connectivity index (χ0n) is 8.16. The average molecular weight is 246 g/mol. The molecule has 1 rings (SSSR count). The number of benzene rings is 1. The van der Waals surface area contributed by atoms with E-state index in [9.17, 15) is 18.5 Å². The standard InChI is InChI=1S/C8H10N2O5S/c9-7-2-1-6(5-8(7)10(12)13)16(14,15)4-3-11/h1-2,5,11H,3-4,9H2. The number of sulfone groups is 1. The van der Waals surface area contributed by atoms with Gasteiger partial charge in [-0.15, -0.1) is 0 Å². The molecule has 1 aromatic carbocycles. The second-order valence-corrected chi connectivity index (χ2v) is 5.13. The van der Waals surface area contributed by atoms with Crippen LogP contribution >= 0.6 is 0 Å². The van der Waals surface area contributed by atoms with Crippen LogP contribution in [0, 0.1) is 10.1 Å². The van der Waals surface area contributed by atoms with Gasteiger partial charge in [-0.25, -0.2) is 8.42 Å². The van der Waals surface area contributed by atoms with E-state index in [0.717, 1.165) is 12.1 Å². The fraction of sp³-hybridized carbons (Fsp3) is 0.250. The molecule has 0 aliphatic rings. The van der Waals surface area contributed by atoms with E-state index >= 15 is 0 Å². The fourth-order valence-electron chi connectivity index (χ4n) is 1.11. The maximum atomic E-state index is 11.5. The highest BCUT2D eigenvalue weighted by Gasteiger charge is 2.19. The van der Waals surface area contributed by atoms with Gasteiger partial charge in [0.15, 0.2) is 9.84 Å². The first kappa shape index (κ1) is 12.4. The van der Waals surface area contributed by atoms with E-state index in [1.807, 2.05) is 0 Å². The molecule has 0 atom stereocenters. The minimum atomic E-state index is -3.69. The van der Waals surface area contributed by atoms with Crippen molar-refractivity contribution in [3.05, 3.63) is 28.3 Å². The second-order valence-electron chi connectivity index (χ2n) is 3.02. The molecule has 0 heterocycles. The summed E-state index contributed by atoms with van der Waals surface area (Å²) in [5, 5.41) is 19.1. The van der Waals surface area contributed by atoms with Gasteiger partial charge in [-0.05, 0) is 12.1 Å². The summed E-state index contributed by atoms with van der Waals surface area (Å²) in [4.78, 5) is 9.56. The molecule has 0 bridgehead atoms. The maximum absolute atomic E-state index is 11.5. The van der Waals surface area contributed by atoms with Crippen LogP contribution in [0.2, 0.25) is 0 Å². The molecule has 1 aromatic rings. The summed E-state index contributed by atoms with van der Waals surface area (Å²) in [5.74, 6) is -0.478. The topological polar surface area (TPSA) is 124 Å². The smallest absolute Gasteiger partial charge is 0.293 e. The summed E-state index contributed by atoms with van der Waals surface area (Å²) in [7, 11) is -3.69. The highest BCUT2D eigenvalue weighted by Crippen LogP contribution is 2.25. The van der Waals surface area contributed by atoms with Crippen molar-refractivity contribution in [3.8, 4) is 0 Å². The molecule has 0 amide bonds. The largest absolute Gasteiger partial charge is 0.395 e. The number of nitro benzene ring substituents is 1. The van der Waals surface area contributed by atoms with E-state index in [1.54, 1.807) is 0 Å². The van der Waals surface area contributed by atoms with E-state index in [0.29, 0.717) is 0 Å². The number of nitrogens with zero attached hydrogens (tertiary/aromatic N) is 1. The number of aliphatic hydroxyl groups is 1. The molecule has 8 heteroatoms. The molecule has 7 nitrogen and oxygen atoms in total. The molecule has 0 spiro atoms. The zero-order valence-corrected chi connectivity index (χ0v) is 8.98. The number of nitrogens with two attached hydrogens (primary N) is 1. The summed E-state index contributed by atoms with van der Waals surface area (Å²) in [6.45, 7) is -0.541. The van der Waals surface area contributed by atoms with Gasteiger partial charge in [-0.2, -0.15) is 0 Å². The number of anilines is 1. The number of nitrogen functional groups attached to an aromatic ring is 1. The summed E-state index contributed by atoms with van der Waals surface area (Å²) < 4.78 is 23.0. The molecule has 0 aliphatic carbocycles. The number of rotatable bonds is 4. The lowest BCUT2D eigenvalue weighted by Gasteiger charge is -2.03. The van der Waals surface area contributed by atoms with Crippen LogP contribution in [0.4, 0.5) is 11.4 Å². The number of nitro groups is 1. The third-order valence-corrected chi connectivity index (χ3v) is 3.61. The minimum absolute atomic E-state index is 0.104. The Kier molecular flexibility index (Phi) is 3.45. The summed E-state index contributed by atoms with van der Waals surface area (Å²) >= 11 is 0. The molecule has 0 fully saturated rings. The molecule has 0 unspecified atom stereocenters. The average Bonchev–Trinajstić information content (AvgIpc) is 2.17. The van der Waals surface area contributed by atoms with Crippen molar-refractivity contribution in [1.82, 2.24) is 0 Å². The van der Waals surface area contributed by atoms with Crippen LogP contribution in [0.1, 0.15) is 0 Å². The molecule has 0 saturated carbocycles. The van der Waals surface area contributed by atoms with E-state index in [-0.39, 0.29) is 10.6 Å². The number of hydrogen-bond donors (Lipinski definition) is 2. The van der Waals surface area contributed by atoms with Crippen LogP contribution in [0.5, 0.6) is 0 Å². The van der Waals surface area contributed by atoms with Gasteiger partial charge in [-0.3, -0.25) is 10.1 Å². The SMILES string of the molecule is Nc1ccc(S(=O)(=O)CCO)cc1[N+](=O)[O-]. The van der Waals surface area contributed by atoms with Crippen LogP contribution in [0.25, 0.3) is 0 Å². The third-order valence-electron chi connectivity index (χ3n) is 1.92. The van der Waals surface area contributed by atoms with Crippen LogP contribution < -0.4 is 5.73 Å². The zero-order chi connectivity index (χ0) is 12.3. The molecule has 0 aliphatic heterocycles. The molecule has 0 aromatic heterocycles. The normalized spacial score (nSPS) is 11.3. The molecule has 3 N–H and O–H groups in total. The third kappa shape index (κ3) is 2.47. The van der Waals surface area contributed by atoms with E-state index in [1.165, 1.54) is 6.07 Å². The van der Waals surface area contributed by atoms with Crippen molar-refractivity contribution in [1.29, 1.82) is 0 Å². The Morgan fingerprint density at radius 3 is 2.56 bits per heavy atom. The highest BCUT2D eigenvalue weighted by atomic mass is 32.2. The van der Waals surface area contributed by atoms with E-state index in [4.69, 9.17) is 10.8 Å². The molecule has 0 radical (unpaired) electrons. The van der Waals surface area contributed by atoms with Crippen molar-refractivity contribution in [2.75, 3.05) is 18.1 Å². The quantitative estimate of drug-likeness (QED) is 0.436. The number of hydrogen-bond acceptors (Lipinski definition) is 6.